The highest BCUT2D eigenvalue weighted by molar-refractivity contribution is 5.88. The molecule has 6 heteroatoms. The Morgan fingerprint density at radius 3 is 3.00 bits per heavy atom. The van der Waals surface area contributed by atoms with Gasteiger partial charge in [-0.1, -0.05) is 32.0 Å². The lowest BCUT2D eigenvalue weighted by atomic mass is 10.1. The standard InChI is InChI=1S/C17H16N4O2/c1-11(2)16-20-14(8-18)17(23-16)21-19-9-12-7-13-5-3-4-6-15(13)22-10-12/h3-7,9,11,21H,10H2,1-2H3/b19-9+. The van der Waals surface area contributed by atoms with Crippen molar-refractivity contribution in [1.29, 1.82) is 5.26 Å². The van der Waals surface area contributed by atoms with Gasteiger partial charge in [0.15, 0.2) is 0 Å². The lowest BCUT2D eigenvalue weighted by molar-refractivity contribution is 0.353. The summed E-state index contributed by atoms with van der Waals surface area (Å²) < 4.78 is 11.1. The van der Waals surface area contributed by atoms with Gasteiger partial charge in [0, 0.05) is 17.1 Å². The molecule has 0 saturated heterocycles. The van der Waals surface area contributed by atoms with Gasteiger partial charge in [0.2, 0.25) is 11.6 Å². The fourth-order valence-corrected chi connectivity index (χ4v) is 2.12. The molecule has 0 aliphatic carbocycles. The molecule has 0 radical (unpaired) electrons. The van der Waals surface area contributed by atoms with E-state index in [1.165, 1.54) is 0 Å². The summed E-state index contributed by atoms with van der Waals surface area (Å²) in [4.78, 5) is 4.12. The van der Waals surface area contributed by atoms with Crippen molar-refractivity contribution in [3.63, 3.8) is 0 Å². The molecule has 0 fully saturated rings. The monoisotopic (exact) mass is 308 g/mol. The molecule has 23 heavy (non-hydrogen) atoms. The van der Waals surface area contributed by atoms with E-state index in [2.05, 4.69) is 15.5 Å². The number of aromatic nitrogens is 1. The number of nitrogens with zero attached hydrogens (tertiary/aromatic N) is 3. The minimum atomic E-state index is 0.104. The molecule has 2 heterocycles. The molecule has 2 aromatic rings. The smallest absolute Gasteiger partial charge is 0.252 e. The molecule has 1 aliphatic rings. The predicted octanol–water partition coefficient (Wildman–Crippen LogP) is 3.54. The van der Waals surface area contributed by atoms with Crippen molar-refractivity contribution in [2.24, 2.45) is 5.10 Å². The van der Waals surface area contributed by atoms with E-state index in [4.69, 9.17) is 14.4 Å². The van der Waals surface area contributed by atoms with Crippen LogP contribution < -0.4 is 10.2 Å². The number of nitriles is 1. The van der Waals surface area contributed by atoms with E-state index in [1.807, 2.05) is 50.3 Å². The van der Waals surface area contributed by atoms with Crippen LogP contribution in [0, 0.1) is 11.3 Å². The number of nitrogens with one attached hydrogen (secondary N) is 1. The third-order valence-electron chi connectivity index (χ3n) is 3.29. The van der Waals surface area contributed by atoms with Crippen LogP contribution in [0.5, 0.6) is 5.75 Å². The van der Waals surface area contributed by atoms with E-state index in [1.54, 1.807) is 6.21 Å². The highest BCUT2D eigenvalue weighted by Gasteiger charge is 2.15. The number of hydrogen-bond acceptors (Lipinski definition) is 6. The highest BCUT2D eigenvalue weighted by atomic mass is 16.5. The first-order valence-electron chi connectivity index (χ1n) is 7.29. The molecule has 0 spiro atoms. The van der Waals surface area contributed by atoms with Crippen molar-refractivity contribution in [2.75, 3.05) is 12.0 Å². The van der Waals surface area contributed by atoms with Gasteiger partial charge in [-0.2, -0.15) is 10.4 Å². The summed E-state index contributed by atoms with van der Waals surface area (Å²) in [6.45, 7) is 4.34. The summed E-state index contributed by atoms with van der Waals surface area (Å²) in [6.07, 6.45) is 3.66. The molecule has 0 amide bonds. The van der Waals surface area contributed by atoms with Crippen LogP contribution in [0.25, 0.3) is 6.08 Å². The van der Waals surface area contributed by atoms with Crippen molar-refractivity contribution in [2.45, 2.75) is 19.8 Å². The van der Waals surface area contributed by atoms with Crippen LogP contribution in [0.2, 0.25) is 0 Å². The zero-order valence-corrected chi connectivity index (χ0v) is 12.9. The van der Waals surface area contributed by atoms with Crippen LogP contribution in [-0.4, -0.2) is 17.8 Å². The molecule has 0 bridgehead atoms. The predicted molar refractivity (Wildman–Crippen MR) is 87.3 cm³/mol. The van der Waals surface area contributed by atoms with Gasteiger partial charge in [0.05, 0.1) is 6.21 Å². The molecule has 3 rings (SSSR count). The number of para-hydroxylation sites is 1. The molecular weight excluding hydrogens is 292 g/mol. The van der Waals surface area contributed by atoms with Gasteiger partial charge >= 0.3 is 0 Å². The summed E-state index contributed by atoms with van der Waals surface area (Å²) in [5, 5.41) is 13.2. The second kappa shape index (κ2) is 6.36. The van der Waals surface area contributed by atoms with E-state index < -0.39 is 0 Å². The zero-order chi connectivity index (χ0) is 16.2. The number of fused-ring (bicyclic) bond motifs is 1. The Morgan fingerprint density at radius 1 is 1.39 bits per heavy atom. The normalized spacial score (nSPS) is 13.4. The minimum absolute atomic E-state index is 0.104. The van der Waals surface area contributed by atoms with E-state index >= 15 is 0 Å². The fraction of sp³-hybridized carbons (Fsp3) is 0.235. The molecule has 1 aromatic carbocycles. The summed E-state index contributed by atoms with van der Waals surface area (Å²) in [6, 6.07) is 9.80. The van der Waals surface area contributed by atoms with Gasteiger partial charge in [0.1, 0.15) is 18.4 Å². The second-order valence-corrected chi connectivity index (χ2v) is 5.41. The second-order valence-electron chi connectivity index (χ2n) is 5.41. The molecule has 0 saturated carbocycles. The molecule has 6 nitrogen and oxygen atoms in total. The lowest BCUT2D eigenvalue weighted by Gasteiger charge is -2.15. The Kier molecular flexibility index (Phi) is 4.11. The van der Waals surface area contributed by atoms with Gasteiger partial charge in [-0.3, -0.25) is 0 Å². The first-order chi connectivity index (χ1) is 11.2. The number of anilines is 1. The Balaban J connectivity index is 1.73. The van der Waals surface area contributed by atoms with Gasteiger partial charge in [0.25, 0.3) is 5.88 Å². The third-order valence-corrected chi connectivity index (χ3v) is 3.29. The molecule has 1 aliphatic heterocycles. The van der Waals surface area contributed by atoms with Crippen LogP contribution in [0.15, 0.2) is 39.4 Å². The molecule has 0 atom stereocenters. The van der Waals surface area contributed by atoms with Crippen molar-refractivity contribution in [3.8, 4) is 11.8 Å². The Bertz CT molecular complexity index is 812. The van der Waals surface area contributed by atoms with Crippen molar-refractivity contribution >= 4 is 18.2 Å². The summed E-state index contributed by atoms with van der Waals surface area (Å²) >= 11 is 0. The van der Waals surface area contributed by atoms with Gasteiger partial charge < -0.3 is 9.15 Å². The van der Waals surface area contributed by atoms with Crippen molar-refractivity contribution in [1.82, 2.24) is 4.98 Å². The SMILES string of the molecule is CC(C)c1nc(C#N)c(N/N=C/C2=Cc3ccccc3OC2)o1. The first kappa shape index (κ1) is 14.9. The number of hydrazone groups is 1. The number of oxazole rings is 1. The van der Waals surface area contributed by atoms with Crippen LogP contribution in [0.1, 0.15) is 36.9 Å². The maximum absolute atomic E-state index is 9.08. The molecular formula is C17H16N4O2. The van der Waals surface area contributed by atoms with Gasteiger partial charge in [-0.25, -0.2) is 10.4 Å². The fourth-order valence-electron chi connectivity index (χ4n) is 2.12. The van der Waals surface area contributed by atoms with E-state index in [9.17, 15) is 0 Å². The Morgan fingerprint density at radius 2 is 2.22 bits per heavy atom. The average molecular weight is 308 g/mol. The third kappa shape index (κ3) is 3.24. The van der Waals surface area contributed by atoms with Gasteiger partial charge in [-0.15, -0.1) is 0 Å². The van der Waals surface area contributed by atoms with Crippen LogP contribution in [-0.2, 0) is 0 Å². The van der Waals surface area contributed by atoms with Crippen LogP contribution in [0.4, 0.5) is 5.88 Å². The first-order valence-corrected chi connectivity index (χ1v) is 7.29. The molecule has 0 unspecified atom stereocenters. The van der Waals surface area contributed by atoms with E-state index in [0.717, 1.165) is 16.9 Å². The Hall–Kier alpha value is -3.07. The number of rotatable bonds is 4. The molecule has 1 aromatic heterocycles. The maximum Gasteiger partial charge on any atom is 0.252 e. The van der Waals surface area contributed by atoms with Crippen LogP contribution >= 0.6 is 0 Å². The quantitative estimate of drug-likeness (QED) is 0.690. The molecule has 116 valence electrons. The van der Waals surface area contributed by atoms with E-state index in [0.29, 0.717) is 12.5 Å². The lowest BCUT2D eigenvalue weighted by Crippen LogP contribution is -2.08. The summed E-state index contributed by atoms with van der Waals surface area (Å²) in [7, 11) is 0. The maximum atomic E-state index is 9.08. The summed E-state index contributed by atoms with van der Waals surface area (Å²) in [5.74, 6) is 1.73. The number of ether oxygens (including phenoxy) is 1. The van der Waals surface area contributed by atoms with E-state index in [-0.39, 0.29) is 17.5 Å². The number of benzene rings is 1. The van der Waals surface area contributed by atoms with Crippen molar-refractivity contribution < 1.29 is 9.15 Å². The highest BCUT2D eigenvalue weighted by Crippen LogP contribution is 2.25. The van der Waals surface area contributed by atoms with Crippen LogP contribution in [0.3, 0.4) is 0 Å². The van der Waals surface area contributed by atoms with Crippen molar-refractivity contribution in [3.05, 3.63) is 47.0 Å². The molecule has 1 N–H and O–H groups in total. The average Bonchev–Trinajstić information content (AvgIpc) is 2.98. The minimum Gasteiger partial charge on any atom is -0.488 e. The Labute approximate surface area is 134 Å². The van der Waals surface area contributed by atoms with Gasteiger partial charge in [-0.05, 0) is 12.1 Å². The largest absolute Gasteiger partial charge is 0.488 e. The topological polar surface area (TPSA) is 83.4 Å². The summed E-state index contributed by atoms with van der Waals surface area (Å²) in [5.41, 5.74) is 4.86. The zero-order valence-electron chi connectivity index (χ0n) is 12.9. The number of hydrogen-bond donors (Lipinski definition) is 1.